The van der Waals surface area contributed by atoms with E-state index in [0.29, 0.717) is 24.0 Å². The first kappa shape index (κ1) is 12.8. The standard InChI is InChI=1S/C14H17NO3/c1-3-14(2,18)8-9-15-12(16)10-6-4-5-7-11(10)13(15)17/h4-7,18H,3,8-9H2,1-2H3/t14-/m0/s1. The van der Waals surface area contributed by atoms with Crippen molar-refractivity contribution in [3.63, 3.8) is 0 Å². The fraction of sp³-hybridized carbons (Fsp3) is 0.429. The van der Waals surface area contributed by atoms with E-state index in [1.54, 1.807) is 31.2 Å². The van der Waals surface area contributed by atoms with Gasteiger partial charge in [-0.2, -0.15) is 0 Å². The molecule has 96 valence electrons. The number of imide groups is 1. The van der Waals surface area contributed by atoms with Gasteiger partial charge in [0.05, 0.1) is 16.7 Å². The van der Waals surface area contributed by atoms with E-state index in [4.69, 9.17) is 0 Å². The van der Waals surface area contributed by atoms with Crippen LogP contribution in [0.2, 0.25) is 0 Å². The van der Waals surface area contributed by atoms with Gasteiger partial charge in [-0.3, -0.25) is 14.5 Å². The molecular formula is C14H17NO3. The summed E-state index contributed by atoms with van der Waals surface area (Å²) in [7, 11) is 0. The Hall–Kier alpha value is -1.68. The lowest BCUT2D eigenvalue weighted by molar-refractivity contribution is 0.0339. The molecular weight excluding hydrogens is 230 g/mol. The first-order chi connectivity index (χ1) is 8.46. The number of aliphatic hydroxyl groups is 1. The average Bonchev–Trinajstić information content (AvgIpc) is 2.61. The number of amides is 2. The van der Waals surface area contributed by atoms with Crippen LogP contribution in [0.5, 0.6) is 0 Å². The van der Waals surface area contributed by atoms with E-state index < -0.39 is 5.60 Å². The molecule has 0 radical (unpaired) electrons. The topological polar surface area (TPSA) is 57.6 Å². The van der Waals surface area contributed by atoms with Gasteiger partial charge in [-0.25, -0.2) is 0 Å². The Balaban J connectivity index is 2.14. The minimum Gasteiger partial charge on any atom is -0.390 e. The predicted octanol–water partition coefficient (Wildman–Crippen LogP) is 1.83. The van der Waals surface area contributed by atoms with E-state index in [1.807, 2.05) is 6.92 Å². The first-order valence-corrected chi connectivity index (χ1v) is 6.14. The van der Waals surface area contributed by atoms with Gasteiger partial charge in [0.1, 0.15) is 0 Å². The second kappa shape index (κ2) is 4.53. The second-order valence-electron chi connectivity index (χ2n) is 4.91. The molecule has 1 N–H and O–H groups in total. The molecule has 4 heteroatoms. The average molecular weight is 247 g/mol. The molecule has 18 heavy (non-hydrogen) atoms. The fourth-order valence-corrected chi connectivity index (χ4v) is 1.97. The minimum absolute atomic E-state index is 0.257. The maximum absolute atomic E-state index is 12.0. The third kappa shape index (κ3) is 2.16. The van der Waals surface area contributed by atoms with Gasteiger partial charge in [-0.15, -0.1) is 0 Å². The largest absolute Gasteiger partial charge is 0.390 e. The van der Waals surface area contributed by atoms with Crippen molar-refractivity contribution in [2.75, 3.05) is 6.54 Å². The number of hydrogen-bond acceptors (Lipinski definition) is 3. The number of rotatable bonds is 4. The molecule has 1 aromatic rings. The van der Waals surface area contributed by atoms with Gasteiger partial charge < -0.3 is 5.11 Å². The summed E-state index contributed by atoms with van der Waals surface area (Å²) in [6.07, 6.45) is 0.991. The Morgan fingerprint density at radius 1 is 1.17 bits per heavy atom. The molecule has 2 amide bonds. The van der Waals surface area contributed by atoms with E-state index >= 15 is 0 Å². The van der Waals surface area contributed by atoms with Gasteiger partial charge in [-0.05, 0) is 31.9 Å². The molecule has 2 rings (SSSR count). The lowest BCUT2D eigenvalue weighted by Crippen LogP contribution is -2.36. The molecule has 1 aromatic carbocycles. The van der Waals surface area contributed by atoms with Crippen molar-refractivity contribution < 1.29 is 14.7 Å². The monoisotopic (exact) mass is 247 g/mol. The Morgan fingerprint density at radius 2 is 1.67 bits per heavy atom. The van der Waals surface area contributed by atoms with Crippen LogP contribution in [0, 0.1) is 0 Å². The maximum Gasteiger partial charge on any atom is 0.261 e. The smallest absolute Gasteiger partial charge is 0.261 e. The van der Waals surface area contributed by atoms with Crippen LogP contribution in [0.25, 0.3) is 0 Å². The molecule has 0 saturated heterocycles. The first-order valence-electron chi connectivity index (χ1n) is 6.14. The van der Waals surface area contributed by atoms with Crippen molar-refractivity contribution in [3.05, 3.63) is 35.4 Å². The van der Waals surface area contributed by atoms with Crippen molar-refractivity contribution in [2.45, 2.75) is 32.3 Å². The van der Waals surface area contributed by atoms with E-state index in [9.17, 15) is 14.7 Å². The van der Waals surface area contributed by atoms with Gasteiger partial charge in [-0.1, -0.05) is 19.1 Å². The van der Waals surface area contributed by atoms with Crippen LogP contribution in [0.15, 0.2) is 24.3 Å². The maximum atomic E-state index is 12.0. The number of fused-ring (bicyclic) bond motifs is 1. The number of benzene rings is 1. The zero-order valence-corrected chi connectivity index (χ0v) is 10.6. The van der Waals surface area contributed by atoms with Crippen molar-refractivity contribution in [1.29, 1.82) is 0 Å². The molecule has 1 aliphatic heterocycles. The third-order valence-electron chi connectivity index (χ3n) is 3.51. The van der Waals surface area contributed by atoms with Crippen molar-refractivity contribution in [3.8, 4) is 0 Å². The molecule has 1 heterocycles. The molecule has 0 spiro atoms. The number of carbonyl (C=O) groups is 2. The molecule has 1 aliphatic rings. The molecule has 0 unspecified atom stereocenters. The quantitative estimate of drug-likeness (QED) is 0.826. The number of hydrogen-bond donors (Lipinski definition) is 1. The molecule has 0 saturated carbocycles. The van der Waals surface area contributed by atoms with Gasteiger partial charge in [0.2, 0.25) is 0 Å². The zero-order valence-electron chi connectivity index (χ0n) is 10.6. The van der Waals surface area contributed by atoms with Crippen LogP contribution in [0.3, 0.4) is 0 Å². The second-order valence-corrected chi connectivity index (χ2v) is 4.91. The summed E-state index contributed by atoms with van der Waals surface area (Å²) in [6, 6.07) is 6.81. The van der Waals surface area contributed by atoms with Crippen LogP contribution in [0.1, 0.15) is 47.4 Å². The summed E-state index contributed by atoms with van der Waals surface area (Å²) >= 11 is 0. The summed E-state index contributed by atoms with van der Waals surface area (Å²) in [5.41, 5.74) is 0.0762. The van der Waals surface area contributed by atoms with Crippen molar-refractivity contribution in [2.24, 2.45) is 0 Å². The van der Waals surface area contributed by atoms with Crippen LogP contribution >= 0.6 is 0 Å². The fourth-order valence-electron chi connectivity index (χ4n) is 1.97. The molecule has 0 aliphatic carbocycles. The van der Waals surface area contributed by atoms with E-state index in [-0.39, 0.29) is 18.4 Å². The van der Waals surface area contributed by atoms with Crippen LogP contribution in [0.4, 0.5) is 0 Å². The van der Waals surface area contributed by atoms with E-state index in [1.165, 1.54) is 4.90 Å². The third-order valence-corrected chi connectivity index (χ3v) is 3.51. The highest BCUT2D eigenvalue weighted by atomic mass is 16.3. The van der Waals surface area contributed by atoms with E-state index in [2.05, 4.69) is 0 Å². The van der Waals surface area contributed by atoms with Crippen LogP contribution in [-0.2, 0) is 0 Å². The normalized spacial score (nSPS) is 17.8. The van der Waals surface area contributed by atoms with Gasteiger partial charge in [0.15, 0.2) is 0 Å². The minimum atomic E-state index is -0.838. The summed E-state index contributed by atoms with van der Waals surface area (Å²) in [6.45, 7) is 3.85. The number of nitrogens with zero attached hydrogens (tertiary/aromatic N) is 1. The van der Waals surface area contributed by atoms with Crippen LogP contribution in [-0.4, -0.2) is 34.0 Å². The Morgan fingerprint density at radius 3 is 2.11 bits per heavy atom. The molecule has 4 nitrogen and oxygen atoms in total. The Kier molecular flexibility index (Phi) is 3.22. The molecule has 0 fully saturated rings. The predicted molar refractivity (Wildman–Crippen MR) is 67.3 cm³/mol. The van der Waals surface area contributed by atoms with Gasteiger partial charge >= 0.3 is 0 Å². The SMILES string of the molecule is CC[C@](C)(O)CCN1C(=O)c2ccccc2C1=O. The summed E-state index contributed by atoms with van der Waals surface area (Å²) in [4.78, 5) is 25.3. The summed E-state index contributed by atoms with van der Waals surface area (Å²) < 4.78 is 0. The highest BCUT2D eigenvalue weighted by molar-refractivity contribution is 6.21. The number of carbonyl (C=O) groups excluding carboxylic acids is 2. The molecule has 0 bridgehead atoms. The summed E-state index contributed by atoms with van der Waals surface area (Å²) in [5, 5.41) is 9.92. The zero-order chi connectivity index (χ0) is 13.3. The van der Waals surface area contributed by atoms with Crippen molar-refractivity contribution >= 4 is 11.8 Å². The highest BCUT2D eigenvalue weighted by Crippen LogP contribution is 2.24. The summed E-state index contributed by atoms with van der Waals surface area (Å²) in [5.74, 6) is -0.523. The molecule has 0 aromatic heterocycles. The van der Waals surface area contributed by atoms with Crippen LogP contribution < -0.4 is 0 Å². The van der Waals surface area contributed by atoms with Gasteiger partial charge in [0, 0.05) is 6.54 Å². The lowest BCUT2D eigenvalue weighted by Gasteiger charge is -2.24. The highest BCUT2D eigenvalue weighted by Gasteiger charge is 2.35. The van der Waals surface area contributed by atoms with E-state index in [0.717, 1.165) is 0 Å². The van der Waals surface area contributed by atoms with Gasteiger partial charge in [0.25, 0.3) is 11.8 Å². The Labute approximate surface area is 106 Å². The van der Waals surface area contributed by atoms with Crippen molar-refractivity contribution in [1.82, 2.24) is 4.90 Å². The molecule has 1 atom stereocenters. The lowest BCUT2D eigenvalue weighted by atomic mass is 9.99. The Bertz CT molecular complexity index is 459.